The van der Waals surface area contributed by atoms with Crippen LogP contribution in [0.5, 0.6) is 5.75 Å². The van der Waals surface area contributed by atoms with Crippen molar-refractivity contribution in [2.45, 2.75) is 25.4 Å². The van der Waals surface area contributed by atoms with Crippen LogP contribution in [0.2, 0.25) is 0 Å². The number of likely N-dealkylation sites (tertiary alicyclic amines) is 1. The van der Waals surface area contributed by atoms with E-state index in [1.54, 1.807) is 7.11 Å². The maximum absolute atomic E-state index is 9.26. The third-order valence-corrected chi connectivity index (χ3v) is 3.39. The van der Waals surface area contributed by atoms with E-state index in [1.807, 2.05) is 18.2 Å². The summed E-state index contributed by atoms with van der Waals surface area (Å²) in [6.07, 6.45) is 2.25. The molecule has 1 aliphatic rings. The minimum atomic E-state index is 0.242. The molecule has 1 saturated heterocycles. The van der Waals surface area contributed by atoms with E-state index in [1.165, 1.54) is 5.56 Å². The second-order valence-corrected chi connectivity index (χ2v) is 4.53. The highest BCUT2D eigenvalue weighted by atomic mass is 16.5. The Balaban J connectivity index is 2.05. The first kappa shape index (κ1) is 12.2. The monoisotopic (exact) mass is 236 g/mol. The van der Waals surface area contributed by atoms with E-state index in [4.69, 9.17) is 10.5 Å². The molecule has 4 nitrogen and oxygen atoms in total. The van der Waals surface area contributed by atoms with Crippen molar-refractivity contribution in [3.05, 3.63) is 23.8 Å². The third kappa shape index (κ3) is 2.70. The highest BCUT2D eigenvalue weighted by molar-refractivity contribution is 5.54. The Hall–Kier alpha value is -1.26. The van der Waals surface area contributed by atoms with Gasteiger partial charge in [-0.2, -0.15) is 0 Å². The fraction of sp³-hybridized carbons (Fsp3) is 0.538. The Morgan fingerprint density at radius 2 is 2.35 bits per heavy atom. The largest absolute Gasteiger partial charge is 0.495 e. The van der Waals surface area contributed by atoms with E-state index in [0.717, 1.165) is 25.9 Å². The minimum absolute atomic E-state index is 0.242. The Bertz CT molecular complexity index is 382. The molecule has 17 heavy (non-hydrogen) atoms. The highest BCUT2D eigenvalue weighted by Crippen LogP contribution is 2.25. The molecule has 0 radical (unpaired) electrons. The molecular formula is C13H20N2O2. The van der Waals surface area contributed by atoms with Crippen LogP contribution in [0.3, 0.4) is 0 Å². The first-order chi connectivity index (χ1) is 8.24. The van der Waals surface area contributed by atoms with Gasteiger partial charge in [-0.25, -0.2) is 0 Å². The molecule has 4 heteroatoms. The van der Waals surface area contributed by atoms with Crippen molar-refractivity contribution in [3.63, 3.8) is 0 Å². The van der Waals surface area contributed by atoms with Crippen LogP contribution in [0.1, 0.15) is 18.4 Å². The summed E-state index contributed by atoms with van der Waals surface area (Å²) >= 11 is 0. The summed E-state index contributed by atoms with van der Waals surface area (Å²) in [6, 6.07) is 6.18. The Labute approximate surface area is 102 Å². The minimum Gasteiger partial charge on any atom is -0.495 e. The lowest BCUT2D eigenvalue weighted by molar-refractivity contribution is 0.153. The van der Waals surface area contributed by atoms with Gasteiger partial charge in [0.2, 0.25) is 0 Å². The fourth-order valence-corrected chi connectivity index (χ4v) is 2.43. The van der Waals surface area contributed by atoms with Crippen LogP contribution in [-0.4, -0.2) is 36.3 Å². The molecule has 1 heterocycles. The lowest BCUT2D eigenvalue weighted by Crippen LogP contribution is -2.31. The summed E-state index contributed by atoms with van der Waals surface area (Å²) in [5, 5.41) is 9.26. The molecule has 1 fully saturated rings. The molecule has 1 unspecified atom stereocenters. The third-order valence-electron chi connectivity index (χ3n) is 3.39. The molecule has 0 aromatic heterocycles. The topological polar surface area (TPSA) is 58.7 Å². The van der Waals surface area contributed by atoms with Gasteiger partial charge in [0.15, 0.2) is 0 Å². The maximum atomic E-state index is 9.26. The van der Waals surface area contributed by atoms with Gasteiger partial charge in [-0.3, -0.25) is 4.90 Å². The van der Waals surface area contributed by atoms with Gasteiger partial charge >= 0.3 is 0 Å². The van der Waals surface area contributed by atoms with Gasteiger partial charge in [0.1, 0.15) is 5.75 Å². The molecule has 1 aromatic rings. The van der Waals surface area contributed by atoms with E-state index in [-0.39, 0.29) is 6.61 Å². The van der Waals surface area contributed by atoms with Crippen molar-refractivity contribution in [1.82, 2.24) is 4.90 Å². The van der Waals surface area contributed by atoms with Gasteiger partial charge in [-0.1, -0.05) is 6.07 Å². The zero-order chi connectivity index (χ0) is 12.3. The van der Waals surface area contributed by atoms with Gasteiger partial charge in [-0.15, -0.1) is 0 Å². The number of aliphatic hydroxyl groups excluding tert-OH is 1. The average molecular weight is 236 g/mol. The van der Waals surface area contributed by atoms with Gasteiger partial charge in [0.25, 0.3) is 0 Å². The zero-order valence-corrected chi connectivity index (χ0v) is 10.2. The second kappa shape index (κ2) is 5.38. The number of ether oxygens (including phenoxy) is 1. The molecule has 1 aliphatic heterocycles. The number of nitrogen functional groups attached to an aromatic ring is 1. The summed E-state index contributed by atoms with van der Waals surface area (Å²) in [6.45, 7) is 2.14. The van der Waals surface area contributed by atoms with Crippen molar-refractivity contribution in [1.29, 1.82) is 0 Å². The number of hydrogen-bond donors (Lipinski definition) is 2. The van der Waals surface area contributed by atoms with Gasteiger partial charge in [-0.05, 0) is 37.1 Å². The van der Waals surface area contributed by atoms with Crippen molar-refractivity contribution in [2.75, 3.05) is 26.0 Å². The standard InChI is InChI=1S/C13H20N2O2/c1-17-13-5-4-10(7-12(13)14)8-15-6-2-3-11(15)9-16/h4-5,7,11,16H,2-3,6,8-9,14H2,1H3. The summed E-state index contributed by atoms with van der Waals surface area (Å²) < 4.78 is 5.13. The summed E-state index contributed by atoms with van der Waals surface area (Å²) in [5.74, 6) is 0.717. The van der Waals surface area contributed by atoms with Crippen molar-refractivity contribution in [3.8, 4) is 5.75 Å². The lowest BCUT2D eigenvalue weighted by Gasteiger charge is -2.22. The number of nitrogens with zero attached hydrogens (tertiary/aromatic N) is 1. The van der Waals surface area contributed by atoms with Crippen LogP contribution in [0.25, 0.3) is 0 Å². The van der Waals surface area contributed by atoms with Crippen LogP contribution >= 0.6 is 0 Å². The molecule has 94 valence electrons. The average Bonchev–Trinajstić information content (AvgIpc) is 2.76. The van der Waals surface area contributed by atoms with Crippen molar-refractivity contribution < 1.29 is 9.84 Å². The number of anilines is 1. The number of benzene rings is 1. The second-order valence-electron chi connectivity index (χ2n) is 4.53. The highest BCUT2D eigenvalue weighted by Gasteiger charge is 2.23. The molecule has 3 N–H and O–H groups in total. The SMILES string of the molecule is COc1ccc(CN2CCCC2CO)cc1N. The summed E-state index contributed by atoms with van der Waals surface area (Å²) in [7, 11) is 1.62. The normalized spacial score (nSPS) is 20.7. The molecule has 0 bridgehead atoms. The van der Waals surface area contributed by atoms with Gasteiger partial charge < -0.3 is 15.6 Å². The van der Waals surface area contributed by atoms with E-state index in [0.29, 0.717) is 17.5 Å². The van der Waals surface area contributed by atoms with E-state index >= 15 is 0 Å². The number of aliphatic hydroxyl groups is 1. The molecule has 0 aliphatic carbocycles. The van der Waals surface area contributed by atoms with E-state index < -0.39 is 0 Å². The van der Waals surface area contributed by atoms with Crippen LogP contribution in [-0.2, 0) is 6.54 Å². The Morgan fingerprint density at radius 3 is 3.00 bits per heavy atom. The molecule has 2 rings (SSSR count). The molecular weight excluding hydrogens is 216 g/mol. The lowest BCUT2D eigenvalue weighted by atomic mass is 10.1. The molecule has 0 amide bonds. The van der Waals surface area contributed by atoms with E-state index in [2.05, 4.69) is 4.90 Å². The quantitative estimate of drug-likeness (QED) is 0.772. The van der Waals surface area contributed by atoms with Crippen molar-refractivity contribution in [2.24, 2.45) is 0 Å². The summed E-state index contributed by atoms with van der Waals surface area (Å²) in [5.41, 5.74) is 7.72. The maximum Gasteiger partial charge on any atom is 0.141 e. The molecule has 0 spiro atoms. The number of rotatable bonds is 4. The first-order valence-corrected chi connectivity index (χ1v) is 6.02. The smallest absolute Gasteiger partial charge is 0.141 e. The summed E-state index contributed by atoms with van der Waals surface area (Å²) in [4.78, 5) is 2.31. The first-order valence-electron chi connectivity index (χ1n) is 6.02. The predicted molar refractivity (Wildman–Crippen MR) is 67.9 cm³/mol. The van der Waals surface area contributed by atoms with Crippen LogP contribution in [0.4, 0.5) is 5.69 Å². The molecule has 1 atom stereocenters. The number of methoxy groups -OCH3 is 1. The fourth-order valence-electron chi connectivity index (χ4n) is 2.43. The number of hydrogen-bond acceptors (Lipinski definition) is 4. The number of nitrogens with two attached hydrogens (primary N) is 1. The van der Waals surface area contributed by atoms with E-state index in [9.17, 15) is 5.11 Å². The molecule has 1 aromatic carbocycles. The zero-order valence-electron chi connectivity index (χ0n) is 10.2. The van der Waals surface area contributed by atoms with Crippen LogP contribution in [0.15, 0.2) is 18.2 Å². The van der Waals surface area contributed by atoms with Crippen LogP contribution < -0.4 is 10.5 Å². The Kier molecular flexibility index (Phi) is 3.86. The Morgan fingerprint density at radius 1 is 1.53 bits per heavy atom. The predicted octanol–water partition coefficient (Wildman–Crippen LogP) is 1.23. The molecule has 0 saturated carbocycles. The van der Waals surface area contributed by atoms with Gasteiger partial charge in [0.05, 0.1) is 19.4 Å². The van der Waals surface area contributed by atoms with Gasteiger partial charge in [0, 0.05) is 12.6 Å². The van der Waals surface area contributed by atoms with Crippen molar-refractivity contribution >= 4 is 5.69 Å². The van der Waals surface area contributed by atoms with Crippen LogP contribution in [0, 0.1) is 0 Å².